The van der Waals surface area contributed by atoms with Crippen molar-refractivity contribution in [3.63, 3.8) is 0 Å². The molecule has 0 aliphatic carbocycles. The minimum Gasteiger partial charge on any atom is -0.445 e. The summed E-state index contributed by atoms with van der Waals surface area (Å²) in [4.78, 5) is 55.4. The zero-order valence-electron chi connectivity index (χ0n) is 34.4. The second-order valence-corrected chi connectivity index (χ2v) is 16.0. The first-order valence-corrected chi connectivity index (χ1v) is 20.8. The van der Waals surface area contributed by atoms with Crippen molar-refractivity contribution >= 4 is 29.3 Å². The van der Waals surface area contributed by atoms with E-state index in [1.54, 1.807) is 24.3 Å². The van der Waals surface area contributed by atoms with E-state index in [4.69, 9.17) is 14.2 Å². The molecule has 5 aromatic carbocycles. The average Bonchev–Trinajstić information content (AvgIpc) is 3.56. The predicted molar refractivity (Wildman–Crippen MR) is 230 cm³/mol. The van der Waals surface area contributed by atoms with Crippen molar-refractivity contribution in [1.29, 1.82) is 0 Å². The van der Waals surface area contributed by atoms with Crippen molar-refractivity contribution in [3.8, 4) is 11.1 Å². The third-order valence-corrected chi connectivity index (χ3v) is 11.9. The number of aliphatic hydroxyl groups excluding tert-OH is 1. The zero-order valence-corrected chi connectivity index (χ0v) is 34.4. The number of piperazine rings is 1. The lowest BCUT2D eigenvalue weighted by molar-refractivity contribution is -0.384. The summed E-state index contributed by atoms with van der Waals surface area (Å²) in [6, 6.07) is 38.4. The number of benzene rings is 5. The number of nitrogens with zero attached hydrogens (tertiary/aromatic N) is 4. The fourth-order valence-corrected chi connectivity index (χ4v) is 8.32. The number of nitrogens with one attached hydrogen (secondary N) is 1. The maximum Gasteiger partial charge on any atom is 0.408 e. The van der Waals surface area contributed by atoms with E-state index in [2.05, 4.69) is 22.0 Å². The number of imide groups is 1. The Morgan fingerprint density at radius 3 is 2.21 bits per heavy atom. The van der Waals surface area contributed by atoms with E-state index in [0.717, 1.165) is 70.8 Å². The van der Waals surface area contributed by atoms with Gasteiger partial charge in [0.15, 0.2) is 6.29 Å². The second kappa shape index (κ2) is 19.1. The SMILES string of the molecule is CC1C(CN2CCN(c3ccc([N+](=O)[O-])cc3)CC2)OC(c2cccc(-c3cccc(CN4C(=O)CC(NC(=O)OCc5ccccc5)C4=O)c3)c2)OC1c1ccc(CO)cc1. The average molecular weight is 840 g/mol. The highest BCUT2D eigenvalue weighted by Gasteiger charge is 2.41. The number of carbonyl (C=O) groups is 3. The molecule has 5 unspecified atom stereocenters. The van der Waals surface area contributed by atoms with Gasteiger partial charge in [0.2, 0.25) is 5.91 Å². The molecule has 0 saturated carbocycles. The van der Waals surface area contributed by atoms with Gasteiger partial charge < -0.3 is 29.5 Å². The fraction of sp³-hybridized carbons (Fsp3) is 0.312. The van der Waals surface area contributed by atoms with Crippen molar-refractivity contribution in [2.24, 2.45) is 5.92 Å². The molecule has 3 saturated heterocycles. The van der Waals surface area contributed by atoms with E-state index in [1.807, 2.05) is 103 Å². The molecule has 3 fully saturated rings. The number of ether oxygens (including phenoxy) is 3. The topological polar surface area (TPSA) is 164 Å². The third-order valence-electron chi connectivity index (χ3n) is 11.9. The van der Waals surface area contributed by atoms with Crippen LogP contribution in [0.25, 0.3) is 11.1 Å². The molecule has 3 amide bonds. The van der Waals surface area contributed by atoms with Crippen LogP contribution in [-0.2, 0) is 43.6 Å². The molecule has 5 aromatic rings. The zero-order chi connectivity index (χ0) is 43.2. The molecule has 14 heteroatoms. The largest absolute Gasteiger partial charge is 0.445 e. The summed E-state index contributed by atoms with van der Waals surface area (Å²) < 4.78 is 18.9. The number of anilines is 1. The Morgan fingerprint density at radius 2 is 1.50 bits per heavy atom. The number of alkyl carbamates (subject to hydrolysis) is 1. The molecular weight excluding hydrogens is 791 g/mol. The molecule has 320 valence electrons. The van der Waals surface area contributed by atoms with Crippen molar-refractivity contribution in [2.75, 3.05) is 37.6 Å². The first-order valence-electron chi connectivity index (χ1n) is 20.8. The summed E-state index contributed by atoms with van der Waals surface area (Å²) in [5.41, 5.74) is 7.02. The summed E-state index contributed by atoms with van der Waals surface area (Å²) in [5, 5.41) is 23.4. The van der Waals surface area contributed by atoms with E-state index in [9.17, 15) is 29.6 Å². The third kappa shape index (κ3) is 9.85. The van der Waals surface area contributed by atoms with Gasteiger partial charge >= 0.3 is 6.09 Å². The van der Waals surface area contributed by atoms with Crippen LogP contribution in [0, 0.1) is 16.0 Å². The monoisotopic (exact) mass is 839 g/mol. The van der Waals surface area contributed by atoms with Gasteiger partial charge in [-0.3, -0.25) is 29.5 Å². The van der Waals surface area contributed by atoms with Crippen LogP contribution in [0.4, 0.5) is 16.2 Å². The predicted octanol–water partition coefficient (Wildman–Crippen LogP) is 6.92. The minimum absolute atomic E-state index is 0.00969. The summed E-state index contributed by atoms with van der Waals surface area (Å²) in [6.07, 6.45) is -2.08. The van der Waals surface area contributed by atoms with Gasteiger partial charge in [0.1, 0.15) is 12.6 Å². The standard InChI is InChI=1S/C48H49N5O9/c1-32-43(29-50-21-23-51(24-22-50)40-17-19-41(20-18-40)53(58)59)61-47(62-45(32)36-15-13-33(30-54)14-16-36)39-12-6-11-38(26-39)37-10-5-9-35(25-37)28-52-44(55)27-42(46(52)56)49-48(57)60-31-34-7-3-2-4-8-34/h2-20,25-26,32,42-43,45,47,54H,21-24,27-31H2,1H3,(H,49,57). The number of amides is 3. The number of hydrogen-bond acceptors (Lipinski definition) is 11. The molecule has 62 heavy (non-hydrogen) atoms. The van der Waals surface area contributed by atoms with Crippen LogP contribution in [0.3, 0.4) is 0 Å². The van der Waals surface area contributed by atoms with Crippen LogP contribution in [0.15, 0.2) is 127 Å². The molecule has 2 N–H and O–H groups in total. The number of likely N-dealkylation sites (tertiary alicyclic amines) is 1. The van der Waals surface area contributed by atoms with E-state index in [-0.39, 0.29) is 60.8 Å². The molecule has 3 heterocycles. The quantitative estimate of drug-likeness (QED) is 0.0719. The Bertz CT molecular complexity index is 2370. The van der Waals surface area contributed by atoms with Gasteiger partial charge in [-0.05, 0) is 57.6 Å². The van der Waals surface area contributed by atoms with Gasteiger partial charge in [-0.1, -0.05) is 97.9 Å². The normalized spacial score (nSPS) is 21.8. The fourth-order valence-electron chi connectivity index (χ4n) is 8.32. The van der Waals surface area contributed by atoms with Crippen molar-refractivity contribution < 1.29 is 38.6 Å². The number of aliphatic hydroxyl groups is 1. The van der Waals surface area contributed by atoms with Gasteiger partial charge in [0.05, 0.1) is 36.7 Å². The summed E-state index contributed by atoms with van der Waals surface area (Å²) >= 11 is 0. The van der Waals surface area contributed by atoms with Crippen LogP contribution in [0.2, 0.25) is 0 Å². The van der Waals surface area contributed by atoms with Gasteiger partial charge in [0.25, 0.3) is 11.6 Å². The Labute approximate surface area is 359 Å². The van der Waals surface area contributed by atoms with E-state index < -0.39 is 24.3 Å². The number of rotatable bonds is 13. The number of nitro groups is 1. The molecule has 0 radical (unpaired) electrons. The molecule has 3 aliphatic rings. The van der Waals surface area contributed by atoms with Gasteiger partial charge in [0, 0.05) is 62.0 Å². The number of hydrogen-bond donors (Lipinski definition) is 2. The highest BCUT2D eigenvalue weighted by Crippen LogP contribution is 2.42. The molecule has 0 bridgehead atoms. The molecule has 5 atom stereocenters. The first-order chi connectivity index (χ1) is 30.1. The molecular formula is C48H49N5O9. The lowest BCUT2D eigenvalue weighted by Crippen LogP contribution is -2.51. The Balaban J connectivity index is 0.945. The number of carbonyl (C=O) groups excluding carboxylic acids is 3. The van der Waals surface area contributed by atoms with E-state index in [0.29, 0.717) is 6.54 Å². The summed E-state index contributed by atoms with van der Waals surface area (Å²) in [6.45, 7) is 6.01. The Morgan fingerprint density at radius 1 is 0.806 bits per heavy atom. The van der Waals surface area contributed by atoms with E-state index in [1.165, 1.54) is 4.90 Å². The van der Waals surface area contributed by atoms with Crippen LogP contribution in [0.1, 0.15) is 53.6 Å². The van der Waals surface area contributed by atoms with Crippen LogP contribution >= 0.6 is 0 Å². The van der Waals surface area contributed by atoms with Gasteiger partial charge in [-0.15, -0.1) is 0 Å². The molecule has 0 aromatic heterocycles. The van der Waals surface area contributed by atoms with Gasteiger partial charge in [-0.25, -0.2) is 4.79 Å². The van der Waals surface area contributed by atoms with Crippen LogP contribution in [0.5, 0.6) is 0 Å². The van der Waals surface area contributed by atoms with E-state index >= 15 is 0 Å². The molecule has 14 nitrogen and oxygen atoms in total. The maximum atomic E-state index is 13.3. The van der Waals surface area contributed by atoms with Gasteiger partial charge in [-0.2, -0.15) is 0 Å². The molecule has 0 spiro atoms. The smallest absolute Gasteiger partial charge is 0.408 e. The van der Waals surface area contributed by atoms with Crippen LogP contribution < -0.4 is 10.2 Å². The van der Waals surface area contributed by atoms with Crippen molar-refractivity contribution in [2.45, 2.75) is 57.6 Å². The maximum absolute atomic E-state index is 13.3. The first kappa shape index (κ1) is 42.2. The van der Waals surface area contributed by atoms with Crippen molar-refractivity contribution in [1.82, 2.24) is 15.1 Å². The Hall–Kier alpha value is -6.45. The van der Waals surface area contributed by atoms with Crippen molar-refractivity contribution in [3.05, 3.63) is 165 Å². The number of nitro benzene ring substituents is 1. The lowest BCUT2D eigenvalue weighted by Gasteiger charge is -2.44. The number of non-ortho nitro benzene ring substituents is 1. The summed E-state index contributed by atoms with van der Waals surface area (Å²) in [7, 11) is 0. The second-order valence-electron chi connectivity index (χ2n) is 16.0. The molecule has 3 aliphatic heterocycles. The summed E-state index contributed by atoms with van der Waals surface area (Å²) in [5.74, 6) is -0.871. The highest BCUT2D eigenvalue weighted by molar-refractivity contribution is 6.06. The minimum atomic E-state index is -1.00. The highest BCUT2D eigenvalue weighted by atomic mass is 16.7. The van der Waals surface area contributed by atoms with Crippen LogP contribution in [-0.4, -0.2) is 82.6 Å². The lowest BCUT2D eigenvalue weighted by atomic mass is 9.89. The Kier molecular flexibility index (Phi) is 13.0. The molecule has 8 rings (SSSR count).